The molecule has 5 nitrogen and oxygen atoms in total. The quantitative estimate of drug-likeness (QED) is 0.812. The highest BCUT2D eigenvalue weighted by molar-refractivity contribution is 8.01. The number of carbonyl (C=O) groups is 1. The standard InChI is InChI=1S/C17H22N4OS2/c1-13-8-4-5-9-14(13)18-16-19-20-17(24-16)23-12-15(22)21-10-6-2-3-7-11-21/h4-5,8-9H,2-3,6-7,10-12H2,1H3,(H,18,19). The van der Waals surface area contributed by atoms with Crippen molar-refractivity contribution in [3.05, 3.63) is 29.8 Å². The van der Waals surface area contributed by atoms with Crippen molar-refractivity contribution in [2.24, 2.45) is 0 Å². The second kappa shape index (κ2) is 8.48. The Bertz CT molecular complexity index is 681. The third-order valence-corrected chi connectivity index (χ3v) is 6.03. The lowest BCUT2D eigenvalue weighted by Gasteiger charge is -2.19. The van der Waals surface area contributed by atoms with Crippen molar-refractivity contribution in [2.75, 3.05) is 24.2 Å². The number of aromatic nitrogens is 2. The Labute approximate surface area is 150 Å². The Hall–Kier alpha value is -1.60. The Balaban J connectivity index is 1.52. The number of nitrogens with zero attached hydrogens (tertiary/aromatic N) is 3. The number of para-hydroxylation sites is 1. The highest BCUT2D eigenvalue weighted by Gasteiger charge is 2.16. The van der Waals surface area contributed by atoms with Gasteiger partial charge in [0.15, 0.2) is 4.34 Å². The van der Waals surface area contributed by atoms with Gasteiger partial charge in [-0.1, -0.05) is 54.1 Å². The van der Waals surface area contributed by atoms with Gasteiger partial charge in [0.2, 0.25) is 11.0 Å². The van der Waals surface area contributed by atoms with Crippen LogP contribution in [0.25, 0.3) is 0 Å². The summed E-state index contributed by atoms with van der Waals surface area (Å²) >= 11 is 2.97. The molecule has 0 aliphatic carbocycles. The predicted octanol–water partition coefficient (Wildman–Crippen LogP) is 4.08. The molecule has 0 unspecified atom stereocenters. The molecule has 0 radical (unpaired) electrons. The molecule has 1 aliphatic heterocycles. The van der Waals surface area contributed by atoms with Crippen molar-refractivity contribution in [3.8, 4) is 0 Å². The molecule has 0 saturated carbocycles. The number of aryl methyl sites for hydroxylation is 1. The van der Waals surface area contributed by atoms with Crippen molar-refractivity contribution in [2.45, 2.75) is 36.9 Å². The molecule has 0 bridgehead atoms. The summed E-state index contributed by atoms with van der Waals surface area (Å²) in [5, 5.41) is 12.4. The van der Waals surface area contributed by atoms with E-state index in [1.165, 1.54) is 41.5 Å². The van der Waals surface area contributed by atoms with Gasteiger partial charge >= 0.3 is 0 Å². The average Bonchev–Trinajstić information content (AvgIpc) is 2.85. The summed E-state index contributed by atoms with van der Waals surface area (Å²) in [6.45, 7) is 3.85. The predicted molar refractivity (Wildman–Crippen MR) is 100 cm³/mol. The fourth-order valence-corrected chi connectivity index (χ4v) is 4.35. The van der Waals surface area contributed by atoms with Gasteiger partial charge in [-0.15, -0.1) is 10.2 Å². The van der Waals surface area contributed by atoms with Crippen LogP contribution in [0.4, 0.5) is 10.8 Å². The molecular weight excluding hydrogens is 340 g/mol. The summed E-state index contributed by atoms with van der Waals surface area (Å²) in [6.07, 6.45) is 4.72. The zero-order valence-corrected chi connectivity index (χ0v) is 15.5. The van der Waals surface area contributed by atoms with E-state index in [9.17, 15) is 4.79 Å². The molecule has 128 valence electrons. The van der Waals surface area contributed by atoms with Gasteiger partial charge in [-0.25, -0.2) is 0 Å². The molecule has 0 spiro atoms. The monoisotopic (exact) mass is 362 g/mol. The van der Waals surface area contributed by atoms with Crippen LogP contribution in [0.1, 0.15) is 31.2 Å². The number of thioether (sulfide) groups is 1. The smallest absolute Gasteiger partial charge is 0.233 e. The SMILES string of the molecule is Cc1ccccc1Nc1nnc(SCC(=O)N2CCCCCC2)s1. The molecule has 0 atom stereocenters. The van der Waals surface area contributed by atoms with Crippen molar-refractivity contribution in [1.29, 1.82) is 0 Å². The average molecular weight is 363 g/mol. The van der Waals surface area contributed by atoms with Crippen molar-refractivity contribution in [1.82, 2.24) is 15.1 Å². The van der Waals surface area contributed by atoms with Gasteiger partial charge in [-0.2, -0.15) is 0 Å². The fourth-order valence-electron chi connectivity index (χ4n) is 2.68. The summed E-state index contributed by atoms with van der Waals surface area (Å²) in [6, 6.07) is 8.08. The minimum Gasteiger partial charge on any atom is -0.342 e. The van der Waals surface area contributed by atoms with Gasteiger partial charge in [0, 0.05) is 18.8 Å². The third kappa shape index (κ3) is 4.70. The van der Waals surface area contributed by atoms with Crippen LogP contribution < -0.4 is 5.32 Å². The Morgan fingerprint density at radius 3 is 2.71 bits per heavy atom. The first-order valence-electron chi connectivity index (χ1n) is 8.29. The van der Waals surface area contributed by atoms with E-state index < -0.39 is 0 Å². The summed E-state index contributed by atoms with van der Waals surface area (Å²) < 4.78 is 0.828. The number of hydrogen-bond donors (Lipinski definition) is 1. The van der Waals surface area contributed by atoms with E-state index >= 15 is 0 Å². The molecule has 1 saturated heterocycles. The maximum Gasteiger partial charge on any atom is 0.233 e. The van der Waals surface area contributed by atoms with Crippen LogP contribution in [0.5, 0.6) is 0 Å². The van der Waals surface area contributed by atoms with E-state index in [0.717, 1.165) is 41.1 Å². The van der Waals surface area contributed by atoms with Gasteiger partial charge in [-0.3, -0.25) is 4.79 Å². The topological polar surface area (TPSA) is 58.1 Å². The largest absolute Gasteiger partial charge is 0.342 e. The highest BCUT2D eigenvalue weighted by Crippen LogP contribution is 2.29. The lowest BCUT2D eigenvalue weighted by atomic mass is 10.2. The summed E-state index contributed by atoms with van der Waals surface area (Å²) in [4.78, 5) is 14.3. The minimum atomic E-state index is 0.213. The number of benzene rings is 1. The summed E-state index contributed by atoms with van der Waals surface area (Å²) in [5.41, 5.74) is 2.20. The van der Waals surface area contributed by atoms with E-state index in [0.29, 0.717) is 5.75 Å². The molecule has 1 N–H and O–H groups in total. The molecule has 2 aromatic rings. The van der Waals surface area contributed by atoms with Crippen molar-refractivity contribution < 1.29 is 4.79 Å². The van der Waals surface area contributed by atoms with Gasteiger partial charge in [0.25, 0.3) is 0 Å². The second-order valence-corrected chi connectivity index (χ2v) is 8.10. The Morgan fingerprint density at radius 1 is 1.21 bits per heavy atom. The fraction of sp³-hybridized carbons (Fsp3) is 0.471. The molecule has 7 heteroatoms. The van der Waals surface area contributed by atoms with E-state index in [1.54, 1.807) is 0 Å². The number of hydrogen-bond acceptors (Lipinski definition) is 6. The number of amides is 1. The zero-order valence-electron chi connectivity index (χ0n) is 13.8. The number of anilines is 2. The minimum absolute atomic E-state index is 0.213. The van der Waals surface area contributed by atoms with Crippen LogP contribution in [0.2, 0.25) is 0 Å². The molecule has 1 amide bonds. The molecule has 3 rings (SSSR count). The highest BCUT2D eigenvalue weighted by atomic mass is 32.2. The third-order valence-electron chi connectivity index (χ3n) is 4.07. The lowest BCUT2D eigenvalue weighted by Crippen LogP contribution is -2.33. The first-order chi connectivity index (χ1) is 11.7. The maximum absolute atomic E-state index is 12.3. The van der Waals surface area contributed by atoms with Gasteiger partial charge in [-0.05, 0) is 31.4 Å². The van der Waals surface area contributed by atoms with Crippen molar-refractivity contribution in [3.63, 3.8) is 0 Å². The van der Waals surface area contributed by atoms with Gasteiger partial charge in [0.1, 0.15) is 0 Å². The van der Waals surface area contributed by atoms with E-state index in [4.69, 9.17) is 0 Å². The molecule has 24 heavy (non-hydrogen) atoms. The van der Waals surface area contributed by atoms with E-state index in [-0.39, 0.29) is 5.91 Å². The van der Waals surface area contributed by atoms with Crippen LogP contribution in [0.15, 0.2) is 28.6 Å². The number of likely N-dealkylation sites (tertiary alicyclic amines) is 1. The summed E-state index contributed by atoms with van der Waals surface area (Å²) in [7, 11) is 0. The zero-order chi connectivity index (χ0) is 16.8. The molecule has 1 aromatic heterocycles. The van der Waals surface area contributed by atoms with Crippen LogP contribution in [-0.4, -0.2) is 39.8 Å². The van der Waals surface area contributed by atoms with Crippen molar-refractivity contribution >= 4 is 39.8 Å². The molecule has 1 fully saturated rings. The normalized spacial score (nSPS) is 15.1. The van der Waals surface area contributed by atoms with Crippen LogP contribution in [-0.2, 0) is 4.79 Å². The molecule has 2 heterocycles. The van der Waals surface area contributed by atoms with Gasteiger partial charge in [0.05, 0.1) is 5.75 Å². The Kier molecular flexibility index (Phi) is 6.09. The Morgan fingerprint density at radius 2 is 1.96 bits per heavy atom. The number of nitrogens with one attached hydrogen (secondary N) is 1. The van der Waals surface area contributed by atoms with Crippen LogP contribution in [0, 0.1) is 6.92 Å². The van der Waals surface area contributed by atoms with E-state index in [1.807, 2.05) is 23.1 Å². The second-order valence-electron chi connectivity index (χ2n) is 5.90. The molecule has 1 aliphatic rings. The van der Waals surface area contributed by atoms with Gasteiger partial charge < -0.3 is 10.2 Å². The maximum atomic E-state index is 12.3. The molecule has 1 aromatic carbocycles. The van der Waals surface area contributed by atoms with Crippen LogP contribution >= 0.6 is 23.1 Å². The first kappa shape index (κ1) is 17.2. The van der Waals surface area contributed by atoms with Crippen LogP contribution in [0.3, 0.4) is 0 Å². The van der Waals surface area contributed by atoms with E-state index in [2.05, 4.69) is 28.5 Å². The lowest BCUT2D eigenvalue weighted by molar-refractivity contribution is -0.128. The number of carbonyl (C=O) groups excluding carboxylic acids is 1. The number of rotatable bonds is 5. The first-order valence-corrected chi connectivity index (χ1v) is 10.1. The molecular formula is C17H22N4OS2. The summed E-state index contributed by atoms with van der Waals surface area (Å²) in [5.74, 6) is 0.657.